The van der Waals surface area contributed by atoms with E-state index in [2.05, 4.69) is 32.0 Å². The number of hydrogen-bond donors (Lipinski definition) is 1. The molecule has 0 radical (unpaired) electrons. The molecule has 1 aromatic carbocycles. The van der Waals surface area contributed by atoms with Crippen LogP contribution in [0.2, 0.25) is 5.02 Å². The molecule has 1 saturated heterocycles. The first-order valence-corrected chi connectivity index (χ1v) is 11.0. The first kappa shape index (κ1) is 19.8. The third kappa shape index (κ3) is 3.58. The Labute approximate surface area is 194 Å². The molecule has 5 heterocycles. The number of nitrogen functional groups attached to an aromatic ring is 1. The summed E-state index contributed by atoms with van der Waals surface area (Å²) in [5, 5.41) is 2.21. The summed E-state index contributed by atoms with van der Waals surface area (Å²) in [6, 6.07) is 12.1. The molecule has 9 heteroatoms. The number of ether oxygens (including phenoxy) is 1. The molecule has 33 heavy (non-hydrogen) atoms. The fourth-order valence-electron chi connectivity index (χ4n) is 3.99. The molecule has 5 aromatic rings. The van der Waals surface area contributed by atoms with Crippen molar-refractivity contribution in [3.05, 3.63) is 71.9 Å². The number of rotatable bonds is 5. The monoisotopic (exact) mass is 457 g/mol. The Morgan fingerprint density at radius 3 is 2.79 bits per heavy atom. The van der Waals surface area contributed by atoms with E-state index in [1.165, 1.54) is 12.7 Å². The van der Waals surface area contributed by atoms with Gasteiger partial charge in [-0.2, -0.15) is 0 Å². The highest BCUT2D eigenvalue weighted by Crippen LogP contribution is 2.30. The smallest absolute Gasteiger partial charge is 0.151 e. The van der Waals surface area contributed by atoms with Crippen molar-refractivity contribution in [1.82, 2.24) is 24.5 Å². The van der Waals surface area contributed by atoms with Crippen molar-refractivity contribution in [2.75, 3.05) is 23.7 Å². The van der Waals surface area contributed by atoms with E-state index in [-0.39, 0.29) is 0 Å². The zero-order chi connectivity index (χ0) is 22.4. The predicted molar refractivity (Wildman–Crippen MR) is 129 cm³/mol. The second-order valence-electron chi connectivity index (χ2n) is 8.01. The van der Waals surface area contributed by atoms with Crippen molar-refractivity contribution in [2.45, 2.75) is 13.0 Å². The van der Waals surface area contributed by atoms with Gasteiger partial charge < -0.3 is 15.4 Å². The van der Waals surface area contributed by atoms with E-state index in [1.54, 1.807) is 18.6 Å². The minimum absolute atomic E-state index is 0.346. The number of fused-ring (bicyclic) bond motifs is 2. The Hall–Kier alpha value is -3.91. The first-order chi connectivity index (χ1) is 16.2. The summed E-state index contributed by atoms with van der Waals surface area (Å²) >= 11 is 6.37. The van der Waals surface area contributed by atoms with E-state index in [4.69, 9.17) is 27.1 Å². The van der Waals surface area contributed by atoms with Gasteiger partial charge in [0, 0.05) is 42.5 Å². The highest BCUT2D eigenvalue weighted by atomic mass is 35.5. The largest absolute Gasteiger partial charge is 0.489 e. The Kier molecular flexibility index (Phi) is 4.73. The molecular formula is C24H20ClN7O. The minimum atomic E-state index is 0.346. The lowest BCUT2D eigenvalue weighted by atomic mass is 10.2. The molecule has 0 atom stereocenters. The summed E-state index contributed by atoms with van der Waals surface area (Å²) in [6.07, 6.45) is 7.94. The Balaban J connectivity index is 1.25. The van der Waals surface area contributed by atoms with Crippen LogP contribution in [0.5, 0.6) is 5.75 Å². The molecule has 0 bridgehead atoms. The molecule has 6 rings (SSSR count). The maximum absolute atomic E-state index is 6.37. The molecule has 0 aliphatic carbocycles. The Bertz CT molecular complexity index is 1500. The van der Waals surface area contributed by atoms with Crippen molar-refractivity contribution in [3.63, 3.8) is 0 Å². The zero-order valence-electron chi connectivity index (χ0n) is 17.6. The fourth-order valence-corrected chi connectivity index (χ4v) is 4.26. The standard InChI is InChI=1S/C24H20ClN7O/c25-19-12-32(24-22(19)23(26)28-14-29-24)17-8-15(10-27-11-17)13-33-18-4-2-16-3-5-21(30-20(16)9-18)31-6-1-7-31/h2-5,8-12,14H,1,6-7,13H2,(H2,26,28,29). The van der Waals surface area contributed by atoms with Gasteiger partial charge >= 0.3 is 0 Å². The van der Waals surface area contributed by atoms with Gasteiger partial charge in [-0.25, -0.2) is 15.0 Å². The van der Waals surface area contributed by atoms with Crippen LogP contribution in [0.3, 0.4) is 0 Å². The summed E-state index contributed by atoms with van der Waals surface area (Å²) < 4.78 is 7.92. The Morgan fingerprint density at radius 2 is 1.94 bits per heavy atom. The van der Waals surface area contributed by atoms with Gasteiger partial charge in [0.05, 0.1) is 27.8 Å². The molecule has 1 aliphatic heterocycles. The number of halogens is 1. The summed E-state index contributed by atoms with van der Waals surface area (Å²) in [6.45, 7) is 2.50. The van der Waals surface area contributed by atoms with E-state index < -0.39 is 0 Å². The number of nitrogens with zero attached hydrogens (tertiary/aromatic N) is 6. The molecule has 2 N–H and O–H groups in total. The topological polar surface area (TPSA) is 95.0 Å². The molecule has 4 aromatic heterocycles. The quantitative estimate of drug-likeness (QED) is 0.418. The van der Waals surface area contributed by atoms with Gasteiger partial charge in [-0.05, 0) is 36.8 Å². The average Bonchev–Trinajstić information content (AvgIpc) is 3.14. The second kappa shape index (κ2) is 7.90. The van der Waals surface area contributed by atoms with Gasteiger partial charge in [0.25, 0.3) is 0 Å². The number of hydrogen-bond acceptors (Lipinski definition) is 7. The molecule has 0 amide bonds. The Morgan fingerprint density at radius 1 is 1.06 bits per heavy atom. The van der Waals surface area contributed by atoms with E-state index in [1.807, 2.05) is 28.8 Å². The lowest BCUT2D eigenvalue weighted by molar-refractivity contribution is 0.306. The molecule has 1 fully saturated rings. The van der Waals surface area contributed by atoms with Crippen LogP contribution in [0.4, 0.5) is 11.6 Å². The van der Waals surface area contributed by atoms with Crippen LogP contribution in [-0.4, -0.2) is 37.6 Å². The maximum Gasteiger partial charge on any atom is 0.151 e. The van der Waals surface area contributed by atoms with Crippen LogP contribution in [0, 0.1) is 0 Å². The van der Waals surface area contributed by atoms with Crippen molar-refractivity contribution in [1.29, 1.82) is 0 Å². The SMILES string of the molecule is Nc1ncnc2c1c(Cl)cn2-c1cncc(COc2ccc3ccc(N4CCC4)nc3c2)c1. The molecule has 164 valence electrons. The number of aromatic nitrogens is 5. The van der Waals surface area contributed by atoms with Crippen molar-refractivity contribution in [3.8, 4) is 11.4 Å². The molecule has 0 spiro atoms. The van der Waals surface area contributed by atoms with Crippen LogP contribution in [0.1, 0.15) is 12.0 Å². The number of pyridine rings is 2. The lowest BCUT2D eigenvalue weighted by Gasteiger charge is -2.32. The normalized spacial score (nSPS) is 13.4. The van der Waals surface area contributed by atoms with E-state index in [0.29, 0.717) is 28.5 Å². The minimum Gasteiger partial charge on any atom is -0.489 e. The first-order valence-electron chi connectivity index (χ1n) is 10.7. The van der Waals surface area contributed by atoms with Crippen molar-refractivity contribution >= 4 is 45.2 Å². The highest BCUT2D eigenvalue weighted by molar-refractivity contribution is 6.36. The third-order valence-corrected chi connectivity index (χ3v) is 6.15. The van der Waals surface area contributed by atoms with Gasteiger partial charge in [0.1, 0.15) is 30.3 Å². The van der Waals surface area contributed by atoms with Gasteiger partial charge in [0.2, 0.25) is 0 Å². The van der Waals surface area contributed by atoms with Crippen LogP contribution in [0.15, 0.2) is 61.3 Å². The van der Waals surface area contributed by atoms with Crippen molar-refractivity contribution in [2.24, 2.45) is 0 Å². The van der Waals surface area contributed by atoms with E-state index in [9.17, 15) is 0 Å². The summed E-state index contributed by atoms with van der Waals surface area (Å²) in [7, 11) is 0. The fraction of sp³-hybridized carbons (Fsp3) is 0.167. The van der Waals surface area contributed by atoms with Crippen LogP contribution < -0.4 is 15.4 Å². The van der Waals surface area contributed by atoms with Gasteiger partial charge in [-0.3, -0.25) is 9.55 Å². The number of nitrogens with two attached hydrogens (primary N) is 1. The molecular weight excluding hydrogens is 438 g/mol. The molecule has 0 saturated carbocycles. The summed E-state index contributed by atoms with van der Waals surface area (Å²) in [5.74, 6) is 2.12. The van der Waals surface area contributed by atoms with Gasteiger partial charge in [-0.15, -0.1) is 0 Å². The second-order valence-corrected chi connectivity index (χ2v) is 8.42. The molecule has 8 nitrogen and oxygen atoms in total. The van der Waals surface area contributed by atoms with Gasteiger partial charge in [0.15, 0.2) is 5.65 Å². The van der Waals surface area contributed by atoms with Gasteiger partial charge in [-0.1, -0.05) is 11.6 Å². The van der Waals surface area contributed by atoms with Crippen LogP contribution in [-0.2, 0) is 6.61 Å². The predicted octanol–water partition coefficient (Wildman–Crippen LogP) is 4.39. The third-order valence-electron chi connectivity index (χ3n) is 5.86. The average molecular weight is 458 g/mol. The highest BCUT2D eigenvalue weighted by Gasteiger charge is 2.16. The summed E-state index contributed by atoms with van der Waals surface area (Å²) in [5.41, 5.74) is 9.25. The van der Waals surface area contributed by atoms with E-state index >= 15 is 0 Å². The summed E-state index contributed by atoms with van der Waals surface area (Å²) in [4.78, 5) is 19.8. The van der Waals surface area contributed by atoms with Crippen molar-refractivity contribution < 1.29 is 4.74 Å². The van der Waals surface area contributed by atoms with E-state index in [0.717, 1.165) is 46.8 Å². The lowest BCUT2D eigenvalue weighted by Crippen LogP contribution is -2.37. The maximum atomic E-state index is 6.37. The molecule has 1 aliphatic rings. The molecule has 0 unspecified atom stereocenters. The van der Waals surface area contributed by atoms with Crippen LogP contribution in [0.25, 0.3) is 27.6 Å². The number of benzene rings is 1. The number of anilines is 2. The zero-order valence-corrected chi connectivity index (χ0v) is 18.4. The van der Waals surface area contributed by atoms with Crippen LogP contribution >= 0.6 is 11.6 Å².